The molecular weight excluding hydrogens is 324 g/mol. The lowest BCUT2D eigenvalue weighted by atomic mass is 10.1. The molecule has 0 radical (unpaired) electrons. The third-order valence-electron chi connectivity index (χ3n) is 4.04. The van der Waals surface area contributed by atoms with Crippen molar-refractivity contribution in [3.63, 3.8) is 0 Å². The largest absolute Gasteiger partial charge is 0.394 e. The number of aliphatic hydroxyl groups is 1. The Morgan fingerprint density at radius 2 is 1.73 bits per heavy atom. The second kappa shape index (κ2) is 8.45. The van der Waals surface area contributed by atoms with E-state index >= 15 is 0 Å². The Labute approximate surface area is 154 Å². The highest BCUT2D eigenvalue weighted by atomic mass is 16.3. The first-order valence-corrected chi connectivity index (χ1v) is 8.75. The van der Waals surface area contributed by atoms with Gasteiger partial charge in [0.2, 0.25) is 5.95 Å². The lowest BCUT2D eigenvalue weighted by Gasteiger charge is -2.14. The Hall–Kier alpha value is -2.92. The highest BCUT2D eigenvalue weighted by Gasteiger charge is 2.09. The number of hydrogen-bond acceptors (Lipinski definition) is 5. The van der Waals surface area contributed by atoms with Crippen LogP contribution in [-0.4, -0.2) is 27.7 Å². The summed E-state index contributed by atoms with van der Waals surface area (Å²) in [5, 5.41) is 15.8. The van der Waals surface area contributed by atoms with Crippen molar-refractivity contribution in [1.82, 2.24) is 9.97 Å². The fourth-order valence-electron chi connectivity index (χ4n) is 2.52. The number of anilines is 2. The van der Waals surface area contributed by atoms with Crippen molar-refractivity contribution in [2.45, 2.75) is 26.4 Å². The molecule has 3 rings (SSSR count). The van der Waals surface area contributed by atoms with Crippen molar-refractivity contribution in [3.8, 4) is 11.3 Å². The maximum absolute atomic E-state index is 9.29. The highest BCUT2D eigenvalue weighted by molar-refractivity contribution is 5.64. The quantitative estimate of drug-likeness (QED) is 0.605. The van der Waals surface area contributed by atoms with Crippen LogP contribution >= 0.6 is 0 Å². The Morgan fingerprint density at radius 3 is 2.42 bits per heavy atom. The molecule has 0 amide bonds. The third-order valence-corrected chi connectivity index (χ3v) is 4.04. The van der Waals surface area contributed by atoms with Gasteiger partial charge in [-0.3, -0.25) is 0 Å². The van der Waals surface area contributed by atoms with Gasteiger partial charge < -0.3 is 15.7 Å². The van der Waals surface area contributed by atoms with Crippen LogP contribution in [-0.2, 0) is 6.54 Å². The summed E-state index contributed by atoms with van der Waals surface area (Å²) in [5.41, 5.74) is 4.29. The van der Waals surface area contributed by atoms with Gasteiger partial charge in [0.1, 0.15) is 5.82 Å². The maximum atomic E-state index is 9.29. The fourth-order valence-corrected chi connectivity index (χ4v) is 2.52. The average Bonchev–Trinajstić information content (AvgIpc) is 2.68. The van der Waals surface area contributed by atoms with Gasteiger partial charge in [-0.05, 0) is 19.4 Å². The first-order valence-electron chi connectivity index (χ1n) is 8.75. The van der Waals surface area contributed by atoms with Gasteiger partial charge in [-0.25, -0.2) is 4.98 Å². The Morgan fingerprint density at radius 1 is 1.00 bits per heavy atom. The average molecular weight is 348 g/mol. The van der Waals surface area contributed by atoms with Gasteiger partial charge in [-0.1, -0.05) is 60.2 Å². The van der Waals surface area contributed by atoms with Gasteiger partial charge in [0.05, 0.1) is 12.3 Å². The highest BCUT2D eigenvalue weighted by Crippen LogP contribution is 2.22. The van der Waals surface area contributed by atoms with Gasteiger partial charge in [-0.2, -0.15) is 4.98 Å². The van der Waals surface area contributed by atoms with Crippen LogP contribution in [0.25, 0.3) is 11.3 Å². The smallest absolute Gasteiger partial charge is 0.225 e. The van der Waals surface area contributed by atoms with Gasteiger partial charge >= 0.3 is 0 Å². The van der Waals surface area contributed by atoms with E-state index in [0.29, 0.717) is 12.5 Å². The van der Waals surface area contributed by atoms with E-state index in [9.17, 15) is 5.11 Å². The number of aliphatic hydroxyl groups excluding tert-OH is 1. The van der Waals surface area contributed by atoms with Crippen LogP contribution in [0, 0.1) is 6.92 Å². The van der Waals surface area contributed by atoms with Crippen molar-refractivity contribution >= 4 is 11.8 Å². The Kier molecular flexibility index (Phi) is 5.81. The number of hydrogen-bond donors (Lipinski definition) is 3. The van der Waals surface area contributed by atoms with Crippen molar-refractivity contribution in [2.75, 3.05) is 17.2 Å². The summed E-state index contributed by atoms with van der Waals surface area (Å²) in [5.74, 6) is 1.24. The second-order valence-electron chi connectivity index (χ2n) is 6.40. The van der Waals surface area contributed by atoms with Gasteiger partial charge in [-0.15, -0.1) is 0 Å². The topological polar surface area (TPSA) is 70.1 Å². The predicted molar refractivity (Wildman–Crippen MR) is 106 cm³/mol. The molecule has 134 valence electrons. The minimum absolute atomic E-state index is 0.0189. The van der Waals surface area contributed by atoms with E-state index in [0.717, 1.165) is 17.1 Å². The van der Waals surface area contributed by atoms with Crippen LogP contribution < -0.4 is 10.6 Å². The molecule has 0 aliphatic carbocycles. The van der Waals surface area contributed by atoms with Crippen molar-refractivity contribution < 1.29 is 5.11 Å². The van der Waals surface area contributed by atoms with Gasteiger partial charge in [0, 0.05) is 24.2 Å². The maximum Gasteiger partial charge on any atom is 0.225 e. The molecule has 0 saturated heterocycles. The van der Waals surface area contributed by atoms with Crippen LogP contribution in [0.4, 0.5) is 11.8 Å². The normalized spacial score (nSPS) is 11.8. The summed E-state index contributed by atoms with van der Waals surface area (Å²) in [6.07, 6.45) is 0. The molecule has 5 heteroatoms. The summed E-state index contributed by atoms with van der Waals surface area (Å²) in [4.78, 5) is 9.12. The number of rotatable bonds is 7. The van der Waals surface area contributed by atoms with Crippen LogP contribution in [0.15, 0.2) is 60.7 Å². The Bertz CT molecular complexity index is 834. The van der Waals surface area contributed by atoms with E-state index in [1.54, 1.807) is 0 Å². The number of benzene rings is 2. The molecule has 1 aromatic heterocycles. The summed E-state index contributed by atoms with van der Waals surface area (Å²) in [6, 6.07) is 20.2. The summed E-state index contributed by atoms with van der Waals surface area (Å²) < 4.78 is 0. The zero-order valence-corrected chi connectivity index (χ0v) is 15.1. The molecule has 0 unspecified atom stereocenters. The van der Waals surface area contributed by atoms with E-state index in [2.05, 4.69) is 51.8 Å². The van der Waals surface area contributed by atoms with Gasteiger partial charge in [0.15, 0.2) is 0 Å². The monoisotopic (exact) mass is 348 g/mol. The first-order chi connectivity index (χ1) is 12.6. The van der Waals surface area contributed by atoms with E-state index < -0.39 is 0 Å². The van der Waals surface area contributed by atoms with Crippen molar-refractivity contribution in [2.24, 2.45) is 0 Å². The van der Waals surface area contributed by atoms with E-state index in [4.69, 9.17) is 0 Å². The summed E-state index contributed by atoms with van der Waals surface area (Å²) in [7, 11) is 0. The summed E-state index contributed by atoms with van der Waals surface area (Å²) in [6.45, 7) is 4.66. The molecule has 1 atom stereocenters. The predicted octanol–water partition coefficient (Wildman–Crippen LogP) is 3.86. The lowest BCUT2D eigenvalue weighted by Crippen LogP contribution is -2.21. The van der Waals surface area contributed by atoms with E-state index in [1.165, 1.54) is 11.1 Å². The first kappa shape index (κ1) is 17.9. The van der Waals surface area contributed by atoms with Crippen LogP contribution in [0.5, 0.6) is 0 Å². The second-order valence-corrected chi connectivity index (χ2v) is 6.40. The zero-order chi connectivity index (χ0) is 18.4. The van der Waals surface area contributed by atoms with E-state index in [-0.39, 0.29) is 12.6 Å². The molecule has 1 heterocycles. The van der Waals surface area contributed by atoms with E-state index in [1.807, 2.05) is 43.3 Å². The number of nitrogens with one attached hydrogen (secondary N) is 2. The molecule has 5 nitrogen and oxygen atoms in total. The third kappa shape index (κ3) is 4.80. The molecule has 0 fully saturated rings. The van der Waals surface area contributed by atoms with Gasteiger partial charge in [0.25, 0.3) is 0 Å². The minimum Gasteiger partial charge on any atom is -0.394 e. The number of aromatic nitrogens is 2. The Balaban J connectivity index is 1.85. The van der Waals surface area contributed by atoms with Crippen LogP contribution in [0.1, 0.15) is 18.1 Å². The molecule has 0 aliphatic heterocycles. The van der Waals surface area contributed by atoms with Crippen LogP contribution in [0.2, 0.25) is 0 Å². The standard InChI is InChI=1S/C21H24N4O/c1-15-8-10-17(11-9-15)13-22-20-12-19(18-6-4-3-5-7-18)24-21(25-20)23-16(2)14-26/h3-12,16,26H,13-14H2,1-2H3,(H2,22,23,24,25)/t16-/m0/s1. The minimum atomic E-state index is -0.119. The molecule has 0 bridgehead atoms. The van der Waals surface area contributed by atoms with Crippen molar-refractivity contribution in [1.29, 1.82) is 0 Å². The lowest BCUT2D eigenvalue weighted by molar-refractivity contribution is 0.281. The number of aryl methyl sites for hydroxylation is 1. The molecule has 2 aromatic carbocycles. The van der Waals surface area contributed by atoms with Crippen LogP contribution in [0.3, 0.4) is 0 Å². The zero-order valence-electron chi connectivity index (χ0n) is 15.1. The summed E-state index contributed by atoms with van der Waals surface area (Å²) >= 11 is 0. The molecule has 26 heavy (non-hydrogen) atoms. The fraction of sp³-hybridized carbons (Fsp3) is 0.238. The molecular formula is C21H24N4O. The molecule has 0 spiro atoms. The molecule has 0 saturated carbocycles. The SMILES string of the molecule is Cc1ccc(CNc2cc(-c3ccccc3)nc(N[C@@H](C)CO)n2)cc1. The van der Waals surface area contributed by atoms with Crippen molar-refractivity contribution in [3.05, 3.63) is 71.8 Å². The molecule has 0 aliphatic rings. The number of nitrogens with zero attached hydrogens (tertiary/aromatic N) is 2. The molecule has 3 aromatic rings. The molecule has 3 N–H and O–H groups in total.